The van der Waals surface area contributed by atoms with Gasteiger partial charge < -0.3 is 10.3 Å². The minimum Gasteiger partial charge on any atom is -0.341 e. The van der Waals surface area contributed by atoms with Gasteiger partial charge in [-0.3, -0.25) is 5.10 Å². The van der Waals surface area contributed by atoms with Gasteiger partial charge >= 0.3 is 0 Å². The van der Waals surface area contributed by atoms with Crippen molar-refractivity contribution in [1.82, 2.24) is 25.5 Å². The molecule has 4 rings (SSSR count). The molecule has 3 heterocycles. The first-order valence-electron chi connectivity index (χ1n) is 6.79. The number of imidazole rings is 1. The molecule has 5 nitrogen and oxygen atoms in total. The van der Waals surface area contributed by atoms with E-state index >= 15 is 0 Å². The summed E-state index contributed by atoms with van der Waals surface area (Å²) in [5.41, 5.74) is 5.67. The van der Waals surface area contributed by atoms with Crippen molar-refractivity contribution in [1.29, 1.82) is 0 Å². The highest BCUT2D eigenvalue weighted by atomic mass is 15.1. The van der Waals surface area contributed by atoms with Gasteiger partial charge in [-0.1, -0.05) is 24.3 Å². The number of hydrogen-bond acceptors (Lipinski definition) is 3. The van der Waals surface area contributed by atoms with Crippen molar-refractivity contribution in [3.8, 4) is 22.6 Å². The van der Waals surface area contributed by atoms with Crippen LogP contribution in [0.5, 0.6) is 0 Å². The zero-order valence-corrected chi connectivity index (χ0v) is 11.0. The highest BCUT2D eigenvalue weighted by Crippen LogP contribution is 2.23. The van der Waals surface area contributed by atoms with E-state index in [1.807, 2.05) is 6.07 Å². The molecule has 0 fully saturated rings. The molecule has 3 N–H and O–H groups in total. The smallest absolute Gasteiger partial charge is 0.137 e. The van der Waals surface area contributed by atoms with Gasteiger partial charge in [-0.15, -0.1) is 0 Å². The van der Waals surface area contributed by atoms with Crippen LogP contribution in [-0.2, 0) is 13.0 Å². The summed E-state index contributed by atoms with van der Waals surface area (Å²) in [5.74, 6) is 0.954. The van der Waals surface area contributed by atoms with Crippen LogP contribution in [0.2, 0.25) is 0 Å². The van der Waals surface area contributed by atoms with Crippen LogP contribution in [0.1, 0.15) is 11.4 Å². The second-order valence-electron chi connectivity index (χ2n) is 4.99. The lowest BCUT2D eigenvalue weighted by Gasteiger charge is -2.09. The number of nitrogens with one attached hydrogen (secondary N) is 3. The summed E-state index contributed by atoms with van der Waals surface area (Å²) in [7, 11) is 0. The van der Waals surface area contributed by atoms with Crippen molar-refractivity contribution < 1.29 is 0 Å². The van der Waals surface area contributed by atoms with Gasteiger partial charge in [-0.05, 0) is 11.6 Å². The molecule has 2 aromatic heterocycles. The largest absolute Gasteiger partial charge is 0.341 e. The van der Waals surface area contributed by atoms with Crippen LogP contribution in [0.15, 0.2) is 36.5 Å². The van der Waals surface area contributed by atoms with E-state index in [9.17, 15) is 0 Å². The van der Waals surface area contributed by atoms with Crippen LogP contribution < -0.4 is 5.32 Å². The highest BCUT2D eigenvalue weighted by Gasteiger charge is 2.14. The number of fused-ring (bicyclic) bond motifs is 1. The molecule has 0 aliphatic carbocycles. The van der Waals surface area contributed by atoms with Gasteiger partial charge in [-0.2, -0.15) is 5.10 Å². The van der Waals surface area contributed by atoms with Gasteiger partial charge in [0.15, 0.2) is 0 Å². The summed E-state index contributed by atoms with van der Waals surface area (Å²) < 4.78 is 0. The number of aromatic amines is 2. The van der Waals surface area contributed by atoms with Crippen LogP contribution >= 0.6 is 0 Å². The van der Waals surface area contributed by atoms with Crippen molar-refractivity contribution in [2.75, 3.05) is 6.54 Å². The molecule has 0 saturated carbocycles. The fourth-order valence-electron chi connectivity index (χ4n) is 2.58. The molecule has 20 heavy (non-hydrogen) atoms. The van der Waals surface area contributed by atoms with Gasteiger partial charge in [0.25, 0.3) is 0 Å². The zero-order chi connectivity index (χ0) is 13.4. The third kappa shape index (κ3) is 1.92. The molecule has 0 atom stereocenters. The van der Waals surface area contributed by atoms with Crippen LogP contribution in [0, 0.1) is 0 Å². The van der Waals surface area contributed by atoms with Gasteiger partial charge in [0.1, 0.15) is 5.82 Å². The van der Waals surface area contributed by atoms with Crippen LogP contribution in [0.3, 0.4) is 0 Å². The molecule has 0 radical (unpaired) electrons. The fourth-order valence-corrected chi connectivity index (χ4v) is 2.58. The van der Waals surface area contributed by atoms with E-state index in [1.165, 1.54) is 11.4 Å². The lowest BCUT2D eigenvalue weighted by molar-refractivity contribution is 0.627. The normalized spacial score (nSPS) is 14.2. The third-order valence-corrected chi connectivity index (χ3v) is 3.67. The molecule has 0 saturated heterocycles. The Morgan fingerprint density at radius 1 is 1.00 bits per heavy atom. The van der Waals surface area contributed by atoms with E-state index in [1.54, 1.807) is 6.20 Å². The van der Waals surface area contributed by atoms with E-state index in [0.29, 0.717) is 0 Å². The fraction of sp³-hybridized carbons (Fsp3) is 0.200. The first-order chi connectivity index (χ1) is 9.90. The molecular formula is C15H15N5. The maximum Gasteiger partial charge on any atom is 0.137 e. The highest BCUT2D eigenvalue weighted by molar-refractivity contribution is 5.65. The molecule has 3 aromatic rings. The second-order valence-corrected chi connectivity index (χ2v) is 4.99. The SMILES string of the molecule is c1cc(-c2ccc(-c3nc4c([nH]3)CNCC4)cc2)[nH]n1. The van der Waals surface area contributed by atoms with Crippen molar-refractivity contribution >= 4 is 0 Å². The lowest BCUT2D eigenvalue weighted by atomic mass is 10.1. The van der Waals surface area contributed by atoms with Gasteiger partial charge in [0.05, 0.1) is 17.1 Å². The number of rotatable bonds is 2. The van der Waals surface area contributed by atoms with Crippen molar-refractivity contribution in [3.05, 3.63) is 47.9 Å². The van der Waals surface area contributed by atoms with E-state index in [0.717, 1.165) is 42.2 Å². The Hall–Kier alpha value is -2.40. The zero-order valence-electron chi connectivity index (χ0n) is 11.0. The monoisotopic (exact) mass is 265 g/mol. The van der Waals surface area contributed by atoms with Crippen LogP contribution in [0.4, 0.5) is 0 Å². The maximum atomic E-state index is 4.70. The summed E-state index contributed by atoms with van der Waals surface area (Å²) in [6.45, 7) is 1.89. The molecule has 0 spiro atoms. The van der Waals surface area contributed by atoms with Gasteiger partial charge in [0.2, 0.25) is 0 Å². The van der Waals surface area contributed by atoms with E-state index in [-0.39, 0.29) is 0 Å². The number of aromatic nitrogens is 4. The minimum absolute atomic E-state index is 0.883. The molecule has 5 heteroatoms. The Kier molecular flexibility index (Phi) is 2.63. The molecule has 0 unspecified atom stereocenters. The predicted octanol–water partition coefficient (Wildman–Crippen LogP) is 2.11. The van der Waals surface area contributed by atoms with E-state index < -0.39 is 0 Å². The van der Waals surface area contributed by atoms with Gasteiger partial charge in [-0.25, -0.2) is 4.98 Å². The standard InChI is InChI=1S/C15H15N5/c1-3-11(4-2-10(1)12-6-8-17-20-12)15-18-13-5-7-16-9-14(13)19-15/h1-4,6,8,16H,5,7,9H2,(H,17,20)(H,18,19). The molecule has 1 aliphatic heterocycles. The Morgan fingerprint density at radius 2 is 1.85 bits per heavy atom. The summed E-state index contributed by atoms with van der Waals surface area (Å²) in [4.78, 5) is 8.11. The van der Waals surface area contributed by atoms with Gasteiger partial charge in [0, 0.05) is 31.3 Å². The first-order valence-corrected chi connectivity index (χ1v) is 6.79. The topological polar surface area (TPSA) is 69.4 Å². The van der Waals surface area contributed by atoms with Crippen molar-refractivity contribution in [2.45, 2.75) is 13.0 Å². The molecule has 0 bridgehead atoms. The predicted molar refractivity (Wildman–Crippen MR) is 77.0 cm³/mol. The number of H-pyrrole nitrogens is 2. The Labute approximate surface area is 116 Å². The summed E-state index contributed by atoms with van der Waals surface area (Å²) in [6, 6.07) is 10.3. The van der Waals surface area contributed by atoms with Crippen molar-refractivity contribution in [3.63, 3.8) is 0 Å². The summed E-state index contributed by atoms with van der Waals surface area (Å²) in [5, 5.41) is 10.3. The average Bonchev–Trinajstić information content (AvgIpc) is 3.17. The maximum absolute atomic E-state index is 4.70. The average molecular weight is 265 g/mol. The number of benzene rings is 1. The Bertz CT molecular complexity index is 686. The summed E-state index contributed by atoms with van der Waals surface area (Å²) >= 11 is 0. The Morgan fingerprint density at radius 3 is 2.60 bits per heavy atom. The van der Waals surface area contributed by atoms with Crippen LogP contribution in [0.25, 0.3) is 22.6 Å². The van der Waals surface area contributed by atoms with E-state index in [4.69, 9.17) is 4.98 Å². The van der Waals surface area contributed by atoms with Crippen LogP contribution in [-0.4, -0.2) is 26.7 Å². The minimum atomic E-state index is 0.883. The number of nitrogens with zero attached hydrogens (tertiary/aromatic N) is 2. The summed E-state index contributed by atoms with van der Waals surface area (Å²) in [6.07, 6.45) is 2.76. The molecule has 0 amide bonds. The molecule has 1 aliphatic rings. The lowest BCUT2D eigenvalue weighted by Crippen LogP contribution is -2.23. The quantitative estimate of drug-likeness (QED) is 0.664. The number of hydrogen-bond donors (Lipinski definition) is 3. The third-order valence-electron chi connectivity index (χ3n) is 3.67. The molecule has 100 valence electrons. The molecule has 1 aromatic carbocycles. The Balaban J connectivity index is 1.67. The van der Waals surface area contributed by atoms with Crippen molar-refractivity contribution in [2.24, 2.45) is 0 Å². The second kappa shape index (κ2) is 4.61. The van der Waals surface area contributed by atoms with E-state index in [2.05, 4.69) is 44.8 Å². The molecular weight excluding hydrogens is 250 g/mol. The first kappa shape index (κ1) is 11.4.